The molecule has 0 radical (unpaired) electrons. The van der Waals surface area contributed by atoms with Crippen LogP contribution in [-0.2, 0) is 0 Å². The van der Waals surface area contributed by atoms with Gasteiger partial charge in [0.15, 0.2) is 5.82 Å². The van der Waals surface area contributed by atoms with Gasteiger partial charge in [0.05, 0.1) is 4.53 Å². The Hall–Kier alpha value is -2.51. The zero-order chi connectivity index (χ0) is 16.5. The first kappa shape index (κ1) is 15.0. The van der Waals surface area contributed by atoms with E-state index in [0.717, 1.165) is 11.1 Å². The van der Waals surface area contributed by atoms with Gasteiger partial charge in [-0.1, -0.05) is 23.5 Å². The first-order valence-corrected chi connectivity index (χ1v) is 9.24. The number of nitrogens with zero attached hydrogens (tertiary/aromatic N) is 4. The average Bonchev–Trinajstić information content (AvgIpc) is 3.17. The van der Waals surface area contributed by atoms with Crippen LogP contribution in [0.5, 0.6) is 0 Å². The Bertz CT molecular complexity index is 1100. The third-order valence-electron chi connectivity index (χ3n) is 3.52. The maximum absolute atomic E-state index is 12.5. The van der Waals surface area contributed by atoms with E-state index in [4.69, 9.17) is 0 Å². The molecule has 0 saturated carbocycles. The average molecular weight is 352 g/mol. The van der Waals surface area contributed by atoms with Crippen molar-refractivity contribution in [3.8, 4) is 11.4 Å². The van der Waals surface area contributed by atoms with Crippen molar-refractivity contribution >= 4 is 34.1 Å². The summed E-state index contributed by atoms with van der Waals surface area (Å²) in [6.07, 6.45) is 7.28. The number of thiazole rings is 1. The van der Waals surface area contributed by atoms with Gasteiger partial charge in [-0.05, 0) is 42.2 Å². The summed E-state index contributed by atoms with van der Waals surface area (Å²) in [5.74, 6) is 0.516. The largest absolute Gasteiger partial charge is 0.291 e. The van der Waals surface area contributed by atoms with Crippen molar-refractivity contribution < 1.29 is 0 Å². The van der Waals surface area contributed by atoms with Gasteiger partial charge in [0.2, 0.25) is 4.96 Å². The number of thioether (sulfide) groups is 1. The molecule has 0 saturated heterocycles. The van der Waals surface area contributed by atoms with E-state index in [0.29, 0.717) is 15.3 Å². The molecule has 0 atom stereocenters. The molecule has 0 bridgehead atoms. The fourth-order valence-electron chi connectivity index (χ4n) is 2.30. The van der Waals surface area contributed by atoms with Gasteiger partial charge in [-0.3, -0.25) is 9.78 Å². The van der Waals surface area contributed by atoms with Crippen LogP contribution in [0.2, 0.25) is 0 Å². The smallest absolute Gasteiger partial charge is 0.266 e. The second-order valence-corrected chi connectivity index (χ2v) is 6.95. The molecule has 0 aliphatic rings. The summed E-state index contributed by atoms with van der Waals surface area (Å²) >= 11 is 3.03. The van der Waals surface area contributed by atoms with Gasteiger partial charge in [0.1, 0.15) is 0 Å². The number of hydrogen-bond acceptors (Lipinski definition) is 6. The Morgan fingerprint density at radius 2 is 2.04 bits per heavy atom. The summed E-state index contributed by atoms with van der Waals surface area (Å²) in [6.45, 7) is 0. The number of hydrogen-bond donors (Lipinski definition) is 0. The van der Waals surface area contributed by atoms with E-state index in [-0.39, 0.29) is 5.56 Å². The number of rotatable bonds is 3. The Labute approximate surface area is 145 Å². The van der Waals surface area contributed by atoms with Crippen molar-refractivity contribution in [1.29, 1.82) is 0 Å². The number of fused-ring (bicyclic) bond motifs is 1. The molecule has 0 amide bonds. The molecule has 4 rings (SSSR count). The van der Waals surface area contributed by atoms with E-state index >= 15 is 0 Å². The molecule has 0 unspecified atom stereocenters. The molecule has 4 aromatic rings. The maximum atomic E-state index is 12.5. The van der Waals surface area contributed by atoms with Crippen molar-refractivity contribution in [3.05, 3.63) is 69.2 Å². The van der Waals surface area contributed by atoms with E-state index in [1.807, 2.05) is 48.7 Å². The molecule has 0 fully saturated rings. The molecule has 0 spiro atoms. The first-order chi connectivity index (χ1) is 11.7. The Morgan fingerprint density at radius 1 is 1.21 bits per heavy atom. The molecule has 3 heterocycles. The van der Waals surface area contributed by atoms with Crippen molar-refractivity contribution in [2.45, 2.75) is 4.90 Å². The third kappa shape index (κ3) is 2.72. The van der Waals surface area contributed by atoms with Gasteiger partial charge in [-0.15, -0.1) is 16.9 Å². The lowest BCUT2D eigenvalue weighted by atomic mass is 10.2. The zero-order valence-corrected chi connectivity index (χ0v) is 14.3. The highest BCUT2D eigenvalue weighted by Gasteiger charge is 2.11. The highest BCUT2D eigenvalue weighted by molar-refractivity contribution is 7.98. The van der Waals surface area contributed by atoms with Crippen LogP contribution < -0.4 is 10.1 Å². The minimum Gasteiger partial charge on any atom is -0.266 e. The van der Waals surface area contributed by atoms with Crippen LogP contribution >= 0.6 is 23.1 Å². The molecule has 1 aromatic carbocycles. The summed E-state index contributed by atoms with van der Waals surface area (Å²) in [5.41, 5.74) is 1.64. The molecular formula is C17H12N4OS2. The van der Waals surface area contributed by atoms with Gasteiger partial charge < -0.3 is 0 Å². The van der Waals surface area contributed by atoms with E-state index in [1.54, 1.807) is 24.2 Å². The third-order valence-corrected chi connectivity index (χ3v) is 5.22. The van der Waals surface area contributed by atoms with Gasteiger partial charge in [0.25, 0.3) is 5.56 Å². The van der Waals surface area contributed by atoms with Crippen LogP contribution in [-0.4, -0.2) is 25.8 Å². The second kappa shape index (κ2) is 6.18. The number of pyridine rings is 1. The van der Waals surface area contributed by atoms with Crippen LogP contribution in [0.25, 0.3) is 22.4 Å². The van der Waals surface area contributed by atoms with E-state index in [9.17, 15) is 4.79 Å². The SMILES string of the molecule is CSc1ccc(/C=c2\sc3nc(-c4cccnc4)nn3c2=O)cc1. The molecule has 7 heteroatoms. The standard InChI is InChI=1S/C17H12N4OS2/c1-23-13-6-4-11(5-7-13)9-14-16(22)21-17(24-14)19-15(20-21)12-3-2-8-18-10-12/h2-10H,1H3/b14-9-. The molecule has 0 aliphatic heterocycles. The van der Waals surface area contributed by atoms with E-state index < -0.39 is 0 Å². The molecule has 24 heavy (non-hydrogen) atoms. The number of benzene rings is 1. The highest BCUT2D eigenvalue weighted by Crippen LogP contribution is 2.16. The molecule has 0 aliphatic carbocycles. The number of aromatic nitrogens is 4. The predicted octanol–water partition coefficient (Wildman–Crippen LogP) is 2.48. The van der Waals surface area contributed by atoms with Crippen LogP contribution in [0, 0.1) is 0 Å². The normalized spacial score (nSPS) is 12.1. The van der Waals surface area contributed by atoms with Crippen LogP contribution in [0.1, 0.15) is 5.56 Å². The summed E-state index contributed by atoms with van der Waals surface area (Å²) in [6, 6.07) is 11.8. The minimum absolute atomic E-state index is 0.147. The lowest BCUT2D eigenvalue weighted by Gasteiger charge is -1.95. The summed E-state index contributed by atoms with van der Waals surface area (Å²) in [5, 5.41) is 4.31. The molecule has 118 valence electrons. The molecule has 5 nitrogen and oxygen atoms in total. The Balaban J connectivity index is 1.78. The predicted molar refractivity (Wildman–Crippen MR) is 97.4 cm³/mol. The molecular weight excluding hydrogens is 340 g/mol. The fourth-order valence-corrected chi connectivity index (χ4v) is 3.62. The van der Waals surface area contributed by atoms with Crippen LogP contribution in [0.3, 0.4) is 0 Å². The monoisotopic (exact) mass is 352 g/mol. The summed E-state index contributed by atoms with van der Waals surface area (Å²) in [7, 11) is 0. The molecule has 3 aromatic heterocycles. The van der Waals surface area contributed by atoms with Crippen LogP contribution in [0.15, 0.2) is 58.5 Å². The second-order valence-electron chi connectivity index (χ2n) is 5.06. The van der Waals surface area contributed by atoms with Crippen molar-refractivity contribution in [1.82, 2.24) is 19.6 Å². The van der Waals surface area contributed by atoms with Crippen molar-refractivity contribution in [2.24, 2.45) is 0 Å². The van der Waals surface area contributed by atoms with Crippen molar-refractivity contribution in [3.63, 3.8) is 0 Å². The van der Waals surface area contributed by atoms with Gasteiger partial charge in [-0.2, -0.15) is 9.50 Å². The summed E-state index contributed by atoms with van der Waals surface area (Å²) < 4.78 is 1.98. The van der Waals surface area contributed by atoms with Gasteiger partial charge in [-0.25, -0.2) is 0 Å². The summed E-state index contributed by atoms with van der Waals surface area (Å²) in [4.78, 5) is 22.8. The van der Waals surface area contributed by atoms with E-state index in [2.05, 4.69) is 15.1 Å². The quantitative estimate of drug-likeness (QED) is 0.530. The van der Waals surface area contributed by atoms with Crippen molar-refractivity contribution in [2.75, 3.05) is 6.26 Å². The Kier molecular flexibility index (Phi) is 3.87. The van der Waals surface area contributed by atoms with E-state index in [1.165, 1.54) is 20.7 Å². The zero-order valence-electron chi connectivity index (χ0n) is 12.7. The Morgan fingerprint density at radius 3 is 2.71 bits per heavy atom. The van der Waals surface area contributed by atoms with Crippen LogP contribution in [0.4, 0.5) is 0 Å². The van der Waals surface area contributed by atoms with Gasteiger partial charge >= 0.3 is 0 Å². The molecule has 0 N–H and O–H groups in total. The lowest BCUT2D eigenvalue weighted by molar-refractivity contribution is 0.936. The highest BCUT2D eigenvalue weighted by atomic mass is 32.2. The topological polar surface area (TPSA) is 60.1 Å². The lowest BCUT2D eigenvalue weighted by Crippen LogP contribution is -2.23. The first-order valence-electron chi connectivity index (χ1n) is 7.20. The minimum atomic E-state index is -0.147. The van der Waals surface area contributed by atoms with Gasteiger partial charge in [0, 0.05) is 22.9 Å². The maximum Gasteiger partial charge on any atom is 0.291 e. The fraction of sp³-hybridized carbons (Fsp3) is 0.0588.